The first-order chi connectivity index (χ1) is 20.2. The van der Waals surface area contributed by atoms with E-state index >= 15 is 0 Å². The normalized spacial score (nSPS) is 18.4. The van der Waals surface area contributed by atoms with Crippen LogP contribution in [0.2, 0.25) is 10.0 Å². The maximum atomic E-state index is 14.4. The minimum Gasteiger partial charge on any atom is -0.493 e. The Morgan fingerprint density at radius 2 is 1.64 bits per heavy atom. The van der Waals surface area contributed by atoms with Gasteiger partial charge in [-0.15, -0.1) is 0 Å². The van der Waals surface area contributed by atoms with E-state index in [1.807, 2.05) is 31.2 Å². The molecule has 9 nitrogen and oxygen atoms in total. The first kappa shape index (κ1) is 29.4. The first-order valence-electron chi connectivity index (χ1n) is 13.6. The smallest absolute Gasteiger partial charge is 0.326 e. The van der Waals surface area contributed by atoms with Crippen LogP contribution < -0.4 is 10.1 Å². The molecule has 2 atom stereocenters. The number of benzene rings is 3. The first-order valence-corrected chi connectivity index (χ1v) is 14.4. The van der Waals surface area contributed by atoms with Crippen molar-refractivity contribution in [1.82, 2.24) is 20.0 Å². The summed E-state index contributed by atoms with van der Waals surface area (Å²) in [6.07, 6.45) is 0. The molecule has 5 rings (SSSR count). The molecule has 0 aliphatic carbocycles. The SMILES string of the molecule is CCOc1ccc(C(=O)N(C)C)cc1C1=N[C@@H](c2ccc(Cl)cc2)[C@@H](c2ccc(Cl)cc2)N1C(=O)N1CCNC(=O)C1. The van der Waals surface area contributed by atoms with Gasteiger partial charge in [-0.05, 0) is 60.5 Å². The van der Waals surface area contributed by atoms with Crippen LogP contribution in [0.3, 0.4) is 0 Å². The second-order valence-corrected chi connectivity index (χ2v) is 11.1. The summed E-state index contributed by atoms with van der Waals surface area (Å²) in [6.45, 7) is 2.82. The molecule has 4 amide bonds. The Labute approximate surface area is 254 Å². The van der Waals surface area contributed by atoms with E-state index in [-0.39, 0.29) is 24.4 Å². The fourth-order valence-electron chi connectivity index (χ4n) is 5.19. The highest BCUT2D eigenvalue weighted by Gasteiger charge is 2.45. The van der Waals surface area contributed by atoms with Crippen LogP contribution in [-0.4, -0.2) is 78.7 Å². The number of ether oxygens (including phenoxy) is 1. The predicted molar refractivity (Wildman–Crippen MR) is 162 cm³/mol. The van der Waals surface area contributed by atoms with Gasteiger partial charge >= 0.3 is 6.03 Å². The fourth-order valence-corrected chi connectivity index (χ4v) is 5.44. The van der Waals surface area contributed by atoms with Crippen LogP contribution in [0.25, 0.3) is 0 Å². The average molecular weight is 609 g/mol. The lowest BCUT2D eigenvalue weighted by Crippen LogP contribution is -2.55. The number of urea groups is 1. The van der Waals surface area contributed by atoms with Gasteiger partial charge in [0.15, 0.2) is 0 Å². The summed E-state index contributed by atoms with van der Waals surface area (Å²) in [5, 5.41) is 3.90. The standard InChI is InChI=1S/C31H31Cl2N5O4/c1-4-42-25-14-9-21(30(40)36(2)3)17-24(25)29-35-27(19-5-10-22(32)11-6-19)28(20-7-12-23(33)13-8-20)38(29)31(41)37-16-15-34-26(39)18-37/h5-14,17,27-28H,4,15-16,18H2,1-3H3,(H,34,39)/t27-,28+/m0/s1. The number of hydrogen-bond donors (Lipinski definition) is 1. The van der Waals surface area contributed by atoms with Crippen molar-refractivity contribution in [2.24, 2.45) is 4.99 Å². The molecule has 1 saturated heterocycles. The quantitative estimate of drug-likeness (QED) is 0.417. The zero-order chi connectivity index (χ0) is 30.0. The lowest BCUT2D eigenvalue weighted by molar-refractivity contribution is -0.123. The van der Waals surface area contributed by atoms with Gasteiger partial charge in [0, 0.05) is 42.8 Å². The minimum atomic E-state index is -0.599. The summed E-state index contributed by atoms with van der Waals surface area (Å²) >= 11 is 12.5. The van der Waals surface area contributed by atoms with Crippen molar-refractivity contribution in [1.29, 1.82) is 0 Å². The van der Waals surface area contributed by atoms with E-state index in [1.54, 1.807) is 61.5 Å². The average Bonchev–Trinajstić information content (AvgIpc) is 3.38. The van der Waals surface area contributed by atoms with Crippen molar-refractivity contribution in [3.8, 4) is 5.75 Å². The molecule has 1 N–H and O–H groups in total. The van der Waals surface area contributed by atoms with Crippen molar-refractivity contribution < 1.29 is 19.1 Å². The van der Waals surface area contributed by atoms with Crippen molar-refractivity contribution in [3.63, 3.8) is 0 Å². The summed E-state index contributed by atoms with van der Waals surface area (Å²) in [6, 6.07) is 18.2. The van der Waals surface area contributed by atoms with Gasteiger partial charge in [0.1, 0.15) is 24.2 Å². The molecule has 0 saturated carbocycles. The fraction of sp³-hybridized carbons (Fsp3) is 0.290. The number of carbonyl (C=O) groups is 3. The minimum absolute atomic E-state index is 0.0843. The Hall–Kier alpha value is -4.08. The molecule has 0 spiro atoms. The summed E-state index contributed by atoms with van der Waals surface area (Å²) in [5.41, 5.74) is 2.55. The molecule has 0 radical (unpaired) electrons. The van der Waals surface area contributed by atoms with E-state index in [2.05, 4.69) is 5.32 Å². The monoisotopic (exact) mass is 607 g/mol. The van der Waals surface area contributed by atoms with Crippen LogP contribution in [0, 0.1) is 0 Å². The van der Waals surface area contributed by atoms with Gasteiger partial charge < -0.3 is 19.9 Å². The summed E-state index contributed by atoms with van der Waals surface area (Å²) in [4.78, 5) is 49.5. The highest BCUT2D eigenvalue weighted by atomic mass is 35.5. The molecule has 218 valence electrons. The van der Waals surface area contributed by atoms with Gasteiger partial charge in [-0.1, -0.05) is 47.5 Å². The number of amides is 4. The third-order valence-corrected chi connectivity index (χ3v) is 7.68. The topological polar surface area (TPSA) is 94.6 Å². The van der Waals surface area contributed by atoms with Gasteiger partial charge in [0.2, 0.25) is 5.91 Å². The second-order valence-electron chi connectivity index (χ2n) is 10.2. The third kappa shape index (κ3) is 5.93. The maximum absolute atomic E-state index is 14.4. The number of aliphatic imine (C=N–C) groups is 1. The molecule has 42 heavy (non-hydrogen) atoms. The molecule has 0 aromatic heterocycles. The van der Waals surface area contributed by atoms with Gasteiger partial charge in [0.05, 0.1) is 18.2 Å². The number of carbonyl (C=O) groups excluding carboxylic acids is 3. The molecular formula is C31H31Cl2N5O4. The van der Waals surface area contributed by atoms with Gasteiger partial charge in [0.25, 0.3) is 5.91 Å². The molecule has 3 aromatic carbocycles. The Balaban J connectivity index is 1.73. The largest absolute Gasteiger partial charge is 0.493 e. The molecule has 2 aliphatic heterocycles. The predicted octanol–water partition coefficient (Wildman–Crippen LogP) is 5.19. The second kappa shape index (κ2) is 12.4. The van der Waals surface area contributed by atoms with E-state index in [1.165, 1.54) is 9.80 Å². The van der Waals surface area contributed by atoms with Gasteiger partial charge in [-0.3, -0.25) is 19.5 Å². The molecule has 11 heteroatoms. The number of halogens is 2. The Morgan fingerprint density at radius 3 is 2.24 bits per heavy atom. The van der Waals surface area contributed by atoms with E-state index in [0.29, 0.717) is 52.5 Å². The molecule has 2 aliphatic rings. The third-order valence-electron chi connectivity index (χ3n) is 7.18. The summed E-state index contributed by atoms with van der Waals surface area (Å²) < 4.78 is 5.99. The lowest BCUT2D eigenvalue weighted by Gasteiger charge is -2.35. The molecular weight excluding hydrogens is 577 g/mol. The van der Waals surface area contributed by atoms with E-state index in [4.69, 9.17) is 32.9 Å². The zero-order valence-corrected chi connectivity index (χ0v) is 25.0. The number of hydrogen-bond acceptors (Lipinski definition) is 5. The number of piperazine rings is 1. The zero-order valence-electron chi connectivity index (χ0n) is 23.5. The number of rotatable bonds is 6. The van der Waals surface area contributed by atoms with Crippen LogP contribution in [0.15, 0.2) is 71.7 Å². The molecule has 2 heterocycles. The number of amidine groups is 1. The van der Waals surface area contributed by atoms with Gasteiger partial charge in [-0.2, -0.15) is 0 Å². The van der Waals surface area contributed by atoms with Gasteiger partial charge in [-0.25, -0.2) is 4.79 Å². The molecule has 3 aromatic rings. The molecule has 0 unspecified atom stereocenters. The highest BCUT2D eigenvalue weighted by molar-refractivity contribution is 6.30. The number of nitrogens with one attached hydrogen (secondary N) is 1. The van der Waals surface area contributed by atoms with E-state index in [0.717, 1.165) is 11.1 Å². The lowest BCUT2D eigenvalue weighted by atomic mass is 9.93. The molecule has 0 bridgehead atoms. The van der Waals surface area contributed by atoms with Crippen molar-refractivity contribution >= 4 is 46.9 Å². The Kier molecular flexibility index (Phi) is 8.70. The Bertz CT molecular complexity index is 1530. The van der Waals surface area contributed by atoms with Crippen LogP contribution in [0.1, 0.15) is 46.1 Å². The van der Waals surface area contributed by atoms with Crippen molar-refractivity contribution in [3.05, 3.63) is 99.0 Å². The summed E-state index contributed by atoms with van der Waals surface area (Å²) in [5.74, 6) is 0.375. The van der Waals surface area contributed by atoms with Crippen LogP contribution in [0.4, 0.5) is 4.79 Å². The van der Waals surface area contributed by atoms with Crippen molar-refractivity contribution in [2.45, 2.75) is 19.0 Å². The molecule has 1 fully saturated rings. The van der Waals surface area contributed by atoms with Crippen molar-refractivity contribution in [2.75, 3.05) is 40.3 Å². The van der Waals surface area contributed by atoms with E-state index in [9.17, 15) is 14.4 Å². The Morgan fingerprint density at radius 1 is 1.00 bits per heavy atom. The summed E-state index contributed by atoms with van der Waals surface area (Å²) in [7, 11) is 3.35. The van der Waals surface area contributed by atoms with Crippen LogP contribution in [-0.2, 0) is 4.79 Å². The van der Waals surface area contributed by atoms with Crippen LogP contribution in [0.5, 0.6) is 5.75 Å². The highest BCUT2D eigenvalue weighted by Crippen LogP contribution is 2.45. The maximum Gasteiger partial charge on any atom is 0.326 e. The number of nitrogens with zero attached hydrogens (tertiary/aromatic N) is 4. The van der Waals surface area contributed by atoms with E-state index < -0.39 is 12.1 Å². The van der Waals surface area contributed by atoms with Crippen LogP contribution >= 0.6 is 23.2 Å².